The van der Waals surface area contributed by atoms with Crippen LogP contribution in [0, 0.1) is 12.8 Å². The highest BCUT2D eigenvalue weighted by Crippen LogP contribution is 2.31. The largest absolute Gasteiger partial charge is 0.495 e. The van der Waals surface area contributed by atoms with Gasteiger partial charge in [0.15, 0.2) is 6.10 Å². The summed E-state index contributed by atoms with van der Waals surface area (Å²) in [6.45, 7) is 3.38. The molecule has 0 saturated carbocycles. The molecule has 2 rings (SSSR count). The third-order valence-electron chi connectivity index (χ3n) is 3.96. The lowest BCUT2D eigenvalue weighted by molar-refractivity contribution is -0.153. The molecular weight excluding hydrogens is 330 g/mol. The zero-order valence-electron chi connectivity index (χ0n) is 14.1. The number of rotatable bonds is 6. The fraction of sp³-hybridized carbons (Fsp3) is 0.444. The Morgan fingerprint density at radius 3 is 2.79 bits per heavy atom. The smallest absolute Gasteiger partial charge is 0.307 e. The number of halogens is 1. The molecule has 1 aromatic carbocycles. The second kappa shape index (κ2) is 8.20. The number of anilines is 1. The van der Waals surface area contributed by atoms with Gasteiger partial charge in [0, 0.05) is 11.1 Å². The molecule has 1 aliphatic rings. The monoisotopic (exact) mass is 351 g/mol. The minimum atomic E-state index is -0.886. The Labute approximate surface area is 147 Å². The van der Waals surface area contributed by atoms with Crippen molar-refractivity contribution in [1.82, 2.24) is 0 Å². The average Bonchev–Trinajstić information content (AvgIpc) is 3.03. The summed E-state index contributed by atoms with van der Waals surface area (Å²) in [5.41, 5.74) is 1.30. The Kier molecular flexibility index (Phi) is 6.26. The van der Waals surface area contributed by atoms with E-state index in [4.69, 9.17) is 21.1 Å². The van der Waals surface area contributed by atoms with Crippen molar-refractivity contribution in [2.75, 3.05) is 12.4 Å². The van der Waals surface area contributed by atoms with Crippen molar-refractivity contribution in [1.29, 1.82) is 0 Å². The number of esters is 1. The molecule has 0 bridgehead atoms. The van der Waals surface area contributed by atoms with Crippen molar-refractivity contribution in [3.63, 3.8) is 0 Å². The van der Waals surface area contributed by atoms with Crippen LogP contribution in [0.15, 0.2) is 24.3 Å². The number of ether oxygens (including phenoxy) is 2. The van der Waals surface area contributed by atoms with Gasteiger partial charge < -0.3 is 14.8 Å². The molecule has 0 unspecified atom stereocenters. The quantitative estimate of drug-likeness (QED) is 0.624. The van der Waals surface area contributed by atoms with Crippen molar-refractivity contribution in [3.05, 3.63) is 34.9 Å². The van der Waals surface area contributed by atoms with Crippen LogP contribution in [0.2, 0.25) is 5.02 Å². The summed E-state index contributed by atoms with van der Waals surface area (Å²) in [7, 11) is 1.50. The van der Waals surface area contributed by atoms with Gasteiger partial charge in [0.2, 0.25) is 0 Å². The molecule has 130 valence electrons. The predicted molar refractivity (Wildman–Crippen MR) is 93.4 cm³/mol. The van der Waals surface area contributed by atoms with Crippen LogP contribution in [0.3, 0.4) is 0 Å². The minimum Gasteiger partial charge on any atom is -0.495 e. The van der Waals surface area contributed by atoms with Gasteiger partial charge in [0.05, 0.1) is 19.2 Å². The number of aryl methyl sites for hydroxylation is 1. The molecule has 0 aromatic heterocycles. The summed E-state index contributed by atoms with van der Waals surface area (Å²) >= 11 is 6.05. The van der Waals surface area contributed by atoms with Crippen LogP contribution in [-0.2, 0) is 14.3 Å². The number of carbonyl (C=O) groups is 2. The maximum Gasteiger partial charge on any atom is 0.307 e. The molecule has 1 amide bonds. The Balaban J connectivity index is 1.94. The van der Waals surface area contributed by atoms with Crippen molar-refractivity contribution in [2.24, 2.45) is 5.92 Å². The van der Waals surface area contributed by atoms with E-state index >= 15 is 0 Å². The van der Waals surface area contributed by atoms with Gasteiger partial charge in [0.1, 0.15) is 5.75 Å². The first-order chi connectivity index (χ1) is 11.4. The van der Waals surface area contributed by atoms with Crippen LogP contribution in [-0.4, -0.2) is 25.1 Å². The first kappa shape index (κ1) is 18.3. The number of hydrogen-bond donors (Lipinski definition) is 1. The molecule has 0 saturated heterocycles. The zero-order chi connectivity index (χ0) is 17.7. The first-order valence-corrected chi connectivity index (χ1v) is 8.29. The predicted octanol–water partition coefficient (Wildman–Crippen LogP) is 3.88. The molecule has 0 aliphatic heterocycles. The van der Waals surface area contributed by atoms with Crippen LogP contribution in [0.4, 0.5) is 5.69 Å². The van der Waals surface area contributed by atoms with Crippen LogP contribution >= 0.6 is 11.6 Å². The van der Waals surface area contributed by atoms with Gasteiger partial charge in [-0.1, -0.05) is 23.8 Å². The molecule has 1 aromatic rings. The van der Waals surface area contributed by atoms with Crippen molar-refractivity contribution < 1.29 is 19.1 Å². The zero-order valence-corrected chi connectivity index (χ0v) is 14.9. The highest BCUT2D eigenvalue weighted by molar-refractivity contribution is 6.31. The summed E-state index contributed by atoms with van der Waals surface area (Å²) in [6.07, 6.45) is 5.44. The Hall–Kier alpha value is -2.01. The fourth-order valence-corrected chi connectivity index (χ4v) is 2.70. The van der Waals surface area contributed by atoms with Crippen LogP contribution in [0.1, 0.15) is 31.7 Å². The van der Waals surface area contributed by atoms with Gasteiger partial charge in [-0.15, -0.1) is 0 Å². The normalized spacial score (nSPS) is 17.4. The molecule has 1 N–H and O–H groups in total. The van der Waals surface area contributed by atoms with Gasteiger partial charge in [0.25, 0.3) is 5.91 Å². The maximum absolute atomic E-state index is 12.3. The molecule has 5 nitrogen and oxygen atoms in total. The number of amides is 1. The van der Waals surface area contributed by atoms with Crippen molar-refractivity contribution in [3.8, 4) is 5.75 Å². The second-order valence-corrected chi connectivity index (χ2v) is 6.30. The van der Waals surface area contributed by atoms with Crippen LogP contribution < -0.4 is 10.1 Å². The highest BCUT2D eigenvalue weighted by atomic mass is 35.5. The highest BCUT2D eigenvalue weighted by Gasteiger charge is 2.22. The molecule has 0 fully saturated rings. The Bertz CT molecular complexity index is 657. The maximum atomic E-state index is 12.3. The van der Waals surface area contributed by atoms with Gasteiger partial charge in [-0.2, -0.15) is 0 Å². The third kappa shape index (κ3) is 4.74. The summed E-state index contributed by atoms with van der Waals surface area (Å²) in [6, 6.07) is 3.35. The third-order valence-corrected chi connectivity index (χ3v) is 4.36. The summed E-state index contributed by atoms with van der Waals surface area (Å²) < 4.78 is 10.4. The molecule has 1 aliphatic carbocycles. The van der Waals surface area contributed by atoms with E-state index in [0.717, 1.165) is 18.4 Å². The van der Waals surface area contributed by atoms with Crippen molar-refractivity contribution in [2.45, 2.75) is 39.2 Å². The molecule has 2 atom stereocenters. The fourth-order valence-electron chi connectivity index (χ4n) is 2.54. The van der Waals surface area contributed by atoms with Gasteiger partial charge in [-0.05, 0) is 44.2 Å². The molecule has 24 heavy (non-hydrogen) atoms. The standard InChI is InChI=1S/C18H22ClNO4/c1-11-8-15(16(23-3)10-14(11)19)20-18(22)12(2)24-17(21)9-13-6-4-5-7-13/h4,6,8,10,12-13H,5,7,9H2,1-3H3,(H,20,22)/t12-,13-/m1/s1. The lowest BCUT2D eigenvalue weighted by atomic mass is 10.1. The number of allylic oxidation sites excluding steroid dienone is 2. The number of benzene rings is 1. The molecule has 6 heteroatoms. The second-order valence-electron chi connectivity index (χ2n) is 5.89. The lowest BCUT2D eigenvalue weighted by Crippen LogP contribution is -2.30. The Morgan fingerprint density at radius 2 is 2.17 bits per heavy atom. The number of methoxy groups -OCH3 is 1. The number of hydrogen-bond acceptors (Lipinski definition) is 4. The molecule has 0 radical (unpaired) electrons. The molecule has 0 spiro atoms. The number of nitrogens with one attached hydrogen (secondary N) is 1. The van der Waals surface area contributed by atoms with Crippen LogP contribution in [0.25, 0.3) is 0 Å². The topological polar surface area (TPSA) is 64.6 Å². The van der Waals surface area contributed by atoms with E-state index < -0.39 is 12.0 Å². The van der Waals surface area contributed by atoms with E-state index in [1.165, 1.54) is 7.11 Å². The first-order valence-electron chi connectivity index (χ1n) is 7.92. The summed E-state index contributed by atoms with van der Waals surface area (Å²) in [5, 5.41) is 3.26. The summed E-state index contributed by atoms with van der Waals surface area (Å²) in [4.78, 5) is 24.2. The van der Waals surface area contributed by atoms with E-state index in [1.54, 1.807) is 19.1 Å². The van der Waals surface area contributed by atoms with Crippen LogP contribution in [0.5, 0.6) is 5.75 Å². The van der Waals surface area contributed by atoms with Crippen molar-refractivity contribution >= 4 is 29.2 Å². The molecular formula is C18H22ClNO4. The van der Waals surface area contributed by atoms with E-state index in [2.05, 4.69) is 11.4 Å². The molecule has 0 heterocycles. The minimum absolute atomic E-state index is 0.215. The number of carbonyl (C=O) groups excluding carboxylic acids is 2. The average molecular weight is 352 g/mol. The van der Waals surface area contributed by atoms with Gasteiger partial charge in [-0.3, -0.25) is 9.59 Å². The SMILES string of the molecule is COc1cc(Cl)c(C)cc1NC(=O)[C@@H](C)OC(=O)C[C@@H]1C=CCC1. The van der Waals surface area contributed by atoms with E-state index in [0.29, 0.717) is 22.9 Å². The van der Waals surface area contributed by atoms with E-state index in [-0.39, 0.29) is 11.9 Å². The van der Waals surface area contributed by atoms with Gasteiger partial charge >= 0.3 is 5.97 Å². The van der Waals surface area contributed by atoms with E-state index in [1.807, 2.05) is 13.0 Å². The van der Waals surface area contributed by atoms with Gasteiger partial charge in [-0.25, -0.2) is 0 Å². The van der Waals surface area contributed by atoms with E-state index in [9.17, 15) is 9.59 Å². The Morgan fingerprint density at radius 1 is 1.42 bits per heavy atom. The summed E-state index contributed by atoms with van der Waals surface area (Å²) in [5.74, 6) is -0.112. The lowest BCUT2D eigenvalue weighted by Gasteiger charge is -2.17.